The quantitative estimate of drug-likeness (QED) is 0.398. The summed E-state index contributed by atoms with van der Waals surface area (Å²) in [5.41, 5.74) is 5.33. The molecular formula is C27H19FN6O. The monoisotopic (exact) mass is 462 g/mol. The summed E-state index contributed by atoms with van der Waals surface area (Å²) < 4.78 is 19.5. The van der Waals surface area contributed by atoms with Crippen LogP contribution in [0.5, 0.6) is 5.75 Å². The minimum Gasteiger partial charge on any atom is -0.497 e. The molecule has 1 aliphatic heterocycles. The van der Waals surface area contributed by atoms with Gasteiger partial charge in [0, 0.05) is 30.2 Å². The van der Waals surface area contributed by atoms with Gasteiger partial charge in [-0.05, 0) is 59.5 Å². The molecule has 0 saturated carbocycles. The third kappa shape index (κ3) is 4.04. The zero-order valence-corrected chi connectivity index (χ0v) is 18.8. The number of ether oxygens (including phenoxy) is 1. The van der Waals surface area contributed by atoms with E-state index in [0.29, 0.717) is 46.0 Å². The van der Waals surface area contributed by atoms with Gasteiger partial charge in [0.15, 0.2) is 0 Å². The molecule has 170 valence electrons. The van der Waals surface area contributed by atoms with E-state index in [1.807, 2.05) is 30.3 Å². The summed E-state index contributed by atoms with van der Waals surface area (Å²) >= 11 is 0. The van der Waals surface area contributed by atoms with Gasteiger partial charge in [-0.25, -0.2) is 19.3 Å². The van der Waals surface area contributed by atoms with Gasteiger partial charge in [0.25, 0.3) is 0 Å². The first-order valence-corrected chi connectivity index (χ1v) is 11.0. The first kappa shape index (κ1) is 20.8. The van der Waals surface area contributed by atoms with Crippen molar-refractivity contribution in [1.82, 2.24) is 25.1 Å². The molecule has 0 bridgehead atoms. The number of halogens is 1. The van der Waals surface area contributed by atoms with E-state index in [9.17, 15) is 4.39 Å². The Morgan fingerprint density at radius 3 is 2.77 bits per heavy atom. The second-order valence-electron chi connectivity index (χ2n) is 8.18. The van der Waals surface area contributed by atoms with E-state index in [-0.39, 0.29) is 5.82 Å². The molecule has 8 heteroatoms. The molecule has 1 aliphatic rings. The number of fused-ring (bicyclic) bond motifs is 2. The number of hydrogen-bond donors (Lipinski definition) is 1. The number of nitrogens with one attached hydrogen (secondary N) is 1. The number of pyridine rings is 1. The van der Waals surface area contributed by atoms with E-state index in [2.05, 4.69) is 49.0 Å². The third-order valence-electron chi connectivity index (χ3n) is 5.91. The number of aromatic amines is 1. The van der Waals surface area contributed by atoms with Gasteiger partial charge in [-0.3, -0.25) is 5.10 Å². The fraction of sp³-hybridized carbons (Fsp3) is 0.111. The van der Waals surface area contributed by atoms with Crippen molar-refractivity contribution in [3.05, 3.63) is 95.2 Å². The van der Waals surface area contributed by atoms with Gasteiger partial charge in [0.05, 0.1) is 24.7 Å². The van der Waals surface area contributed by atoms with Crippen molar-refractivity contribution in [3.63, 3.8) is 0 Å². The molecule has 0 amide bonds. The van der Waals surface area contributed by atoms with Crippen molar-refractivity contribution in [2.45, 2.75) is 13.1 Å². The Morgan fingerprint density at radius 2 is 1.86 bits per heavy atom. The topological polar surface area (TPSA) is 79.8 Å². The molecule has 0 radical (unpaired) electrons. The highest BCUT2D eigenvalue weighted by Crippen LogP contribution is 2.29. The third-order valence-corrected chi connectivity index (χ3v) is 5.91. The highest BCUT2D eigenvalue weighted by molar-refractivity contribution is 5.80. The molecule has 0 fully saturated rings. The lowest BCUT2D eigenvalue weighted by molar-refractivity contribution is 0.414. The van der Waals surface area contributed by atoms with Crippen molar-refractivity contribution in [1.29, 1.82) is 0 Å². The summed E-state index contributed by atoms with van der Waals surface area (Å²) in [6.07, 6.45) is 3.31. The Hall–Kier alpha value is -4.77. The molecule has 7 nitrogen and oxygen atoms in total. The highest BCUT2D eigenvalue weighted by atomic mass is 19.1. The van der Waals surface area contributed by atoms with Crippen molar-refractivity contribution >= 4 is 16.9 Å². The molecule has 4 heterocycles. The van der Waals surface area contributed by atoms with Crippen LogP contribution < -0.4 is 9.64 Å². The first-order valence-electron chi connectivity index (χ1n) is 11.0. The minimum absolute atomic E-state index is 0.371. The molecule has 0 aliphatic carbocycles. The summed E-state index contributed by atoms with van der Waals surface area (Å²) in [7, 11) is 1.67. The Kier molecular flexibility index (Phi) is 5.08. The van der Waals surface area contributed by atoms with Gasteiger partial charge in [-0.1, -0.05) is 18.1 Å². The maximum absolute atomic E-state index is 14.2. The maximum atomic E-state index is 14.2. The molecule has 6 rings (SSSR count). The van der Waals surface area contributed by atoms with E-state index in [1.54, 1.807) is 25.6 Å². The standard InChI is InChI=1S/C27H19FN6O/c1-35-22-8-6-18-15-34(16-20(18)13-22)27-29-10-9-25(32-27)24-4-2-3-21(31-24)7-5-17-11-19-14-30-33-26(19)23(28)12-17/h2-4,6,8-14H,15-16H2,1H3,(H,30,33). The number of rotatable bonds is 3. The van der Waals surface area contributed by atoms with Crippen LogP contribution in [0.4, 0.5) is 10.3 Å². The summed E-state index contributed by atoms with van der Waals surface area (Å²) in [5, 5.41) is 7.19. The van der Waals surface area contributed by atoms with Gasteiger partial charge in [0.1, 0.15) is 22.8 Å². The average molecular weight is 462 g/mol. The van der Waals surface area contributed by atoms with Crippen LogP contribution in [0.15, 0.2) is 67.0 Å². The van der Waals surface area contributed by atoms with Crippen LogP contribution in [0.3, 0.4) is 0 Å². The number of aromatic nitrogens is 5. The maximum Gasteiger partial charge on any atom is 0.226 e. The molecule has 3 aromatic heterocycles. The van der Waals surface area contributed by atoms with Crippen molar-refractivity contribution in [2.75, 3.05) is 12.0 Å². The molecule has 0 spiro atoms. The molecule has 1 N–H and O–H groups in total. The predicted octanol–water partition coefficient (Wildman–Crippen LogP) is 4.48. The van der Waals surface area contributed by atoms with E-state index >= 15 is 0 Å². The largest absolute Gasteiger partial charge is 0.497 e. The van der Waals surface area contributed by atoms with Crippen molar-refractivity contribution in [2.24, 2.45) is 0 Å². The lowest BCUT2D eigenvalue weighted by atomic mass is 10.1. The number of hydrogen-bond acceptors (Lipinski definition) is 6. The number of H-pyrrole nitrogens is 1. The number of nitrogens with zero attached hydrogens (tertiary/aromatic N) is 5. The van der Waals surface area contributed by atoms with Gasteiger partial charge in [0.2, 0.25) is 5.95 Å². The molecule has 2 aromatic carbocycles. The summed E-state index contributed by atoms with van der Waals surface area (Å²) in [4.78, 5) is 16.0. The van der Waals surface area contributed by atoms with Crippen LogP contribution in [-0.2, 0) is 13.1 Å². The molecule has 0 unspecified atom stereocenters. The highest BCUT2D eigenvalue weighted by Gasteiger charge is 2.22. The Labute approximate surface area is 200 Å². The van der Waals surface area contributed by atoms with Crippen molar-refractivity contribution < 1.29 is 9.13 Å². The van der Waals surface area contributed by atoms with Crippen LogP contribution in [0, 0.1) is 17.7 Å². The van der Waals surface area contributed by atoms with E-state index in [0.717, 1.165) is 12.3 Å². The van der Waals surface area contributed by atoms with Crippen LogP contribution in [0.25, 0.3) is 22.3 Å². The number of benzene rings is 2. The zero-order chi connectivity index (χ0) is 23.8. The minimum atomic E-state index is -0.387. The van der Waals surface area contributed by atoms with Gasteiger partial charge in [-0.15, -0.1) is 0 Å². The summed E-state index contributed by atoms with van der Waals surface area (Å²) in [5.74, 6) is 7.11. The molecular weight excluding hydrogens is 443 g/mol. The van der Waals surface area contributed by atoms with Crippen LogP contribution in [0.1, 0.15) is 22.4 Å². The van der Waals surface area contributed by atoms with Gasteiger partial charge < -0.3 is 9.64 Å². The normalized spacial score (nSPS) is 12.3. The Bertz CT molecular complexity index is 1630. The SMILES string of the molecule is COc1ccc2c(c1)CN(c1nccc(-c3cccc(C#Cc4cc(F)c5[nH]ncc5c4)n3)n1)C2. The lowest BCUT2D eigenvalue weighted by Gasteiger charge is -2.15. The smallest absolute Gasteiger partial charge is 0.226 e. The first-order chi connectivity index (χ1) is 17.2. The van der Waals surface area contributed by atoms with Crippen molar-refractivity contribution in [3.8, 4) is 29.0 Å². The lowest BCUT2D eigenvalue weighted by Crippen LogP contribution is -2.17. The second kappa shape index (κ2) is 8.54. The Morgan fingerprint density at radius 1 is 0.971 bits per heavy atom. The fourth-order valence-electron chi connectivity index (χ4n) is 4.15. The van der Waals surface area contributed by atoms with E-state index < -0.39 is 0 Å². The number of methoxy groups -OCH3 is 1. The molecule has 35 heavy (non-hydrogen) atoms. The summed E-state index contributed by atoms with van der Waals surface area (Å²) in [6, 6.07) is 16.7. The van der Waals surface area contributed by atoms with Gasteiger partial charge in [-0.2, -0.15) is 5.10 Å². The van der Waals surface area contributed by atoms with Crippen LogP contribution in [-0.4, -0.2) is 32.3 Å². The molecule has 5 aromatic rings. The second-order valence-corrected chi connectivity index (χ2v) is 8.18. The summed E-state index contributed by atoms with van der Waals surface area (Å²) in [6.45, 7) is 1.45. The van der Waals surface area contributed by atoms with E-state index in [4.69, 9.17) is 9.72 Å². The van der Waals surface area contributed by atoms with Gasteiger partial charge >= 0.3 is 0 Å². The van der Waals surface area contributed by atoms with E-state index in [1.165, 1.54) is 17.2 Å². The molecule has 0 atom stereocenters. The predicted molar refractivity (Wildman–Crippen MR) is 130 cm³/mol. The zero-order valence-electron chi connectivity index (χ0n) is 18.8. The van der Waals surface area contributed by atoms with Crippen LogP contribution in [0.2, 0.25) is 0 Å². The average Bonchev–Trinajstić information content (AvgIpc) is 3.55. The Balaban J connectivity index is 1.26. The molecule has 0 saturated heterocycles. The fourth-order valence-corrected chi connectivity index (χ4v) is 4.15. The number of anilines is 1. The van der Waals surface area contributed by atoms with Crippen LogP contribution >= 0.6 is 0 Å².